The highest BCUT2D eigenvalue weighted by molar-refractivity contribution is 6.04. The number of aromatic nitrogens is 1. The van der Waals surface area contributed by atoms with Crippen molar-refractivity contribution in [3.05, 3.63) is 34.8 Å². The second-order valence-electron chi connectivity index (χ2n) is 4.82. The number of ether oxygens (including phenoxy) is 2. The van der Waals surface area contributed by atoms with Gasteiger partial charge in [0.05, 0.1) is 13.2 Å². The van der Waals surface area contributed by atoms with Crippen LogP contribution in [0.3, 0.4) is 0 Å². The SMILES string of the molecule is COc1cc2c(cc1OC(C)C)oc(=O)c1[nH]ccc12. The lowest BCUT2D eigenvalue weighted by molar-refractivity contribution is 0.230. The van der Waals surface area contributed by atoms with E-state index in [2.05, 4.69) is 4.98 Å². The van der Waals surface area contributed by atoms with E-state index in [1.54, 1.807) is 19.4 Å². The summed E-state index contributed by atoms with van der Waals surface area (Å²) in [5, 5.41) is 1.62. The molecule has 1 aromatic carbocycles. The van der Waals surface area contributed by atoms with E-state index in [0.29, 0.717) is 22.6 Å². The first-order chi connectivity index (χ1) is 9.60. The molecule has 0 radical (unpaired) electrons. The maximum Gasteiger partial charge on any atom is 0.360 e. The van der Waals surface area contributed by atoms with Crippen molar-refractivity contribution in [3.8, 4) is 11.5 Å². The summed E-state index contributed by atoms with van der Waals surface area (Å²) >= 11 is 0. The Hall–Kier alpha value is -2.43. The van der Waals surface area contributed by atoms with E-state index in [1.807, 2.05) is 26.0 Å². The number of benzene rings is 1. The van der Waals surface area contributed by atoms with Crippen molar-refractivity contribution in [1.29, 1.82) is 0 Å². The Kier molecular flexibility index (Phi) is 2.89. The molecular weight excluding hydrogens is 258 g/mol. The van der Waals surface area contributed by atoms with E-state index in [1.165, 1.54) is 0 Å². The summed E-state index contributed by atoms with van der Waals surface area (Å²) in [7, 11) is 1.59. The Balaban J connectivity index is 2.35. The van der Waals surface area contributed by atoms with Crippen molar-refractivity contribution in [2.45, 2.75) is 20.0 Å². The molecule has 0 bridgehead atoms. The molecule has 0 spiro atoms. The van der Waals surface area contributed by atoms with Crippen LogP contribution in [0.4, 0.5) is 0 Å². The molecule has 0 aliphatic carbocycles. The lowest BCUT2D eigenvalue weighted by Crippen LogP contribution is -2.07. The van der Waals surface area contributed by atoms with E-state index in [-0.39, 0.29) is 6.10 Å². The number of nitrogens with one attached hydrogen (secondary N) is 1. The van der Waals surface area contributed by atoms with Gasteiger partial charge in [0.15, 0.2) is 11.5 Å². The van der Waals surface area contributed by atoms with Crippen molar-refractivity contribution >= 4 is 21.9 Å². The highest BCUT2D eigenvalue weighted by Gasteiger charge is 2.14. The molecule has 0 fully saturated rings. The van der Waals surface area contributed by atoms with Gasteiger partial charge >= 0.3 is 5.63 Å². The Morgan fingerprint density at radius 1 is 1.20 bits per heavy atom. The van der Waals surface area contributed by atoms with Crippen LogP contribution in [-0.2, 0) is 0 Å². The molecule has 3 aromatic rings. The van der Waals surface area contributed by atoms with Gasteiger partial charge in [-0.2, -0.15) is 0 Å². The van der Waals surface area contributed by atoms with Gasteiger partial charge in [0.25, 0.3) is 0 Å². The zero-order valence-corrected chi connectivity index (χ0v) is 11.5. The van der Waals surface area contributed by atoms with E-state index in [0.717, 1.165) is 10.8 Å². The van der Waals surface area contributed by atoms with Crippen molar-refractivity contribution in [1.82, 2.24) is 4.98 Å². The van der Waals surface area contributed by atoms with Gasteiger partial charge in [-0.15, -0.1) is 0 Å². The van der Waals surface area contributed by atoms with Crippen LogP contribution in [0.15, 0.2) is 33.6 Å². The van der Waals surface area contributed by atoms with Gasteiger partial charge in [-0.05, 0) is 26.0 Å². The van der Waals surface area contributed by atoms with E-state index in [9.17, 15) is 4.79 Å². The van der Waals surface area contributed by atoms with E-state index < -0.39 is 5.63 Å². The Morgan fingerprint density at radius 3 is 2.70 bits per heavy atom. The molecule has 0 atom stereocenters. The van der Waals surface area contributed by atoms with Crippen LogP contribution >= 0.6 is 0 Å². The standard InChI is InChI=1S/C15H15NO4/c1-8(2)19-13-7-11-10(6-12(13)18-3)9-4-5-16-14(9)15(17)20-11/h4-8,16H,1-3H3. The van der Waals surface area contributed by atoms with Crippen LogP contribution in [-0.4, -0.2) is 18.2 Å². The molecule has 0 saturated carbocycles. The average Bonchev–Trinajstić information content (AvgIpc) is 2.87. The Morgan fingerprint density at radius 2 is 2.00 bits per heavy atom. The molecule has 0 aliphatic heterocycles. The lowest BCUT2D eigenvalue weighted by Gasteiger charge is -2.14. The minimum Gasteiger partial charge on any atom is -0.493 e. The van der Waals surface area contributed by atoms with Gasteiger partial charge in [-0.1, -0.05) is 0 Å². The van der Waals surface area contributed by atoms with Crippen LogP contribution < -0.4 is 15.1 Å². The third-order valence-electron chi connectivity index (χ3n) is 3.07. The molecule has 0 saturated heterocycles. The molecule has 5 heteroatoms. The second-order valence-corrected chi connectivity index (χ2v) is 4.82. The highest BCUT2D eigenvalue weighted by Crippen LogP contribution is 2.35. The van der Waals surface area contributed by atoms with Crippen LogP contribution in [0, 0.1) is 0 Å². The first kappa shape index (κ1) is 12.6. The second kappa shape index (κ2) is 4.59. The predicted molar refractivity (Wildman–Crippen MR) is 76.7 cm³/mol. The fourth-order valence-electron chi connectivity index (χ4n) is 2.26. The smallest absolute Gasteiger partial charge is 0.360 e. The molecule has 2 aromatic heterocycles. The highest BCUT2D eigenvalue weighted by atomic mass is 16.5. The zero-order valence-electron chi connectivity index (χ0n) is 11.5. The minimum absolute atomic E-state index is 0.00376. The van der Waals surface area contributed by atoms with Gasteiger partial charge in [0.2, 0.25) is 0 Å². The summed E-state index contributed by atoms with van der Waals surface area (Å²) in [6, 6.07) is 5.37. The normalized spacial score (nSPS) is 11.4. The monoisotopic (exact) mass is 273 g/mol. The van der Waals surface area contributed by atoms with Gasteiger partial charge in [-0.3, -0.25) is 0 Å². The lowest BCUT2D eigenvalue weighted by atomic mass is 10.1. The van der Waals surface area contributed by atoms with Crippen LogP contribution in [0.2, 0.25) is 0 Å². The number of H-pyrrole nitrogens is 1. The van der Waals surface area contributed by atoms with Crippen molar-refractivity contribution in [3.63, 3.8) is 0 Å². The first-order valence-electron chi connectivity index (χ1n) is 6.38. The molecular formula is C15H15NO4. The Bertz CT molecular complexity index is 829. The van der Waals surface area contributed by atoms with Gasteiger partial charge < -0.3 is 18.9 Å². The van der Waals surface area contributed by atoms with Gasteiger partial charge in [0, 0.05) is 23.0 Å². The molecule has 1 N–H and O–H groups in total. The summed E-state index contributed by atoms with van der Waals surface area (Å²) in [5.74, 6) is 1.18. The van der Waals surface area contributed by atoms with Crippen molar-refractivity contribution < 1.29 is 13.9 Å². The van der Waals surface area contributed by atoms with Crippen molar-refractivity contribution in [2.24, 2.45) is 0 Å². The van der Waals surface area contributed by atoms with Crippen molar-refractivity contribution in [2.75, 3.05) is 7.11 Å². The number of aromatic amines is 1. The Labute approximate surface area is 115 Å². The fraction of sp³-hybridized carbons (Fsp3) is 0.267. The van der Waals surface area contributed by atoms with Gasteiger partial charge in [0.1, 0.15) is 11.1 Å². The zero-order chi connectivity index (χ0) is 14.3. The fourth-order valence-corrected chi connectivity index (χ4v) is 2.26. The molecule has 20 heavy (non-hydrogen) atoms. The molecule has 0 unspecified atom stereocenters. The first-order valence-corrected chi connectivity index (χ1v) is 6.38. The minimum atomic E-state index is -0.391. The predicted octanol–water partition coefficient (Wildman–Crippen LogP) is 3.07. The summed E-state index contributed by atoms with van der Waals surface area (Å²) in [6.07, 6.45) is 1.72. The van der Waals surface area contributed by atoms with Gasteiger partial charge in [-0.25, -0.2) is 4.79 Å². The molecule has 2 heterocycles. The van der Waals surface area contributed by atoms with E-state index >= 15 is 0 Å². The number of fused-ring (bicyclic) bond motifs is 3. The summed E-state index contributed by atoms with van der Waals surface area (Å²) in [4.78, 5) is 14.8. The van der Waals surface area contributed by atoms with Crippen LogP contribution in [0.1, 0.15) is 13.8 Å². The maximum atomic E-state index is 11.9. The summed E-state index contributed by atoms with van der Waals surface area (Å²) in [5.41, 5.74) is 0.550. The third-order valence-corrected chi connectivity index (χ3v) is 3.07. The topological polar surface area (TPSA) is 64.5 Å². The maximum absolute atomic E-state index is 11.9. The van der Waals surface area contributed by atoms with Crippen LogP contribution in [0.25, 0.3) is 21.9 Å². The van der Waals surface area contributed by atoms with E-state index in [4.69, 9.17) is 13.9 Å². The number of rotatable bonds is 3. The van der Waals surface area contributed by atoms with Crippen LogP contribution in [0.5, 0.6) is 11.5 Å². The molecule has 0 aliphatic rings. The summed E-state index contributed by atoms with van der Waals surface area (Å²) in [6.45, 7) is 3.85. The quantitative estimate of drug-likeness (QED) is 0.745. The average molecular weight is 273 g/mol. The molecule has 0 amide bonds. The number of hydrogen-bond acceptors (Lipinski definition) is 4. The largest absolute Gasteiger partial charge is 0.493 e. The molecule has 5 nitrogen and oxygen atoms in total. The summed E-state index contributed by atoms with van der Waals surface area (Å²) < 4.78 is 16.4. The molecule has 104 valence electrons. The number of methoxy groups -OCH3 is 1. The molecule has 3 rings (SSSR count). The number of hydrogen-bond donors (Lipinski definition) is 1. The third kappa shape index (κ3) is 1.91.